The van der Waals surface area contributed by atoms with E-state index >= 15 is 0 Å². The molecule has 0 radical (unpaired) electrons. The Kier molecular flexibility index (Phi) is 4.16. The van der Waals surface area contributed by atoms with Crippen molar-refractivity contribution in [3.05, 3.63) is 23.6 Å². The maximum absolute atomic E-state index is 13.1. The van der Waals surface area contributed by atoms with Gasteiger partial charge < -0.3 is 15.3 Å². The van der Waals surface area contributed by atoms with Crippen molar-refractivity contribution in [2.75, 3.05) is 25.0 Å². The number of nitrogens with one attached hydrogen (secondary N) is 1. The van der Waals surface area contributed by atoms with Crippen LogP contribution in [0, 0.1) is 11.7 Å². The number of carbonyl (C=O) groups excluding carboxylic acids is 1. The average Bonchev–Trinajstić information content (AvgIpc) is 2.46. The highest BCUT2D eigenvalue weighted by molar-refractivity contribution is 5.93. The summed E-state index contributed by atoms with van der Waals surface area (Å²) in [5.74, 6) is -1.69. The van der Waals surface area contributed by atoms with Gasteiger partial charge in [0, 0.05) is 26.1 Å². The molecule has 1 aromatic rings. The molecule has 7 heteroatoms. The fourth-order valence-electron chi connectivity index (χ4n) is 2.40. The predicted octanol–water partition coefficient (Wildman–Crippen LogP) is 0.881. The molecule has 2 heterocycles. The quantitative estimate of drug-likeness (QED) is 0.859. The molecule has 0 unspecified atom stereocenters. The van der Waals surface area contributed by atoms with Crippen LogP contribution in [0.2, 0.25) is 0 Å². The second-order valence-corrected chi connectivity index (χ2v) is 4.71. The van der Waals surface area contributed by atoms with E-state index in [-0.39, 0.29) is 23.2 Å². The third kappa shape index (κ3) is 2.87. The Bertz CT molecular complexity index is 528. The minimum Gasteiger partial charge on any atom is -0.478 e. The highest BCUT2D eigenvalue weighted by atomic mass is 19.1. The number of amides is 1. The largest absolute Gasteiger partial charge is 0.478 e. The van der Waals surface area contributed by atoms with Gasteiger partial charge in [0.25, 0.3) is 0 Å². The van der Waals surface area contributed by atoms with E-state index in [1.54, 1.807) is 11.9 Å². The van der Waals surface area contributed by atoms with Crippen LogP contribution in [-0.2, 0) is 4.79 Å². The number of pyridine rings is 1. The number of carboxylic acid groups (broad SMARTS) is 1. The number of carboxylic acids is 1. The van der Waals surface area contributed by atoms with Crippen molar-refractivity contribution < 1.29 is 19.1 Å². The van der Waals surface area contributed by atoms with Gasteiger partial charge in [0.1, 0.15) is 17.2 Å². The van der Waals surface area contributed by atoms with Crippen LogP contribution in [0.1, 0.15) is 23.2 Å². The van der Waals surface area contributed by atoms with Crippen LogP contribution in [0.15, 0.2) is 12.3 Å². The Balaban J connectivity index is 2.15. The second kappa shape index (κ2) is 5.85. The van der Waals surface area contributed by atoms with Gasteiger partial charge in [0.05, 0.1) is 6.20 Å². The summed E-state index contributed by atoms with van der Waals surface area (Å²) in [4.78, 5) is 28.3. The van der Waals surface area contributed by atoms with Crippen LogP contribution in [-0.4, -0.2) is 42.1 Å². The smallest absolute Gasteiger partial charge is 0.339 e. The van der Waals surface area contributed by atoms with Gasteiger partial charge in [-0.05, 0) is 18.9 Å². The van der Waals surface area contributed by atoms with Gasteiger partial charge in [0.2, 0.25) is 5.91 Å². The zero-order valence-electron chi connectivity index (χ0n) is 11.1. The first kappa shape index (κ1) is 14.2. The molecule has 108 valence electrons. The Morgan fingerprint density at radius 2 is 2.10 bits per heavy atom. The Labute approximate surface area is 115 Å². The fraction of sp³-hybridized carbons (Fsp3) is 0.462. The third-order valence-corrected chi connectivity index (χ3v) is 3.48. The van der Waals surface area contributed by atoms with Crippen molar-refractivity contribution >= 4 is 17.7 Å². The standard InChI is InChI=1S/C13H16FN3O3/c1-15-12(18)8-2-4-17(5-3-8)11-10(13(19)20)6-9(14)7-16-11/h6-8H,2-5H2,1H3,(H,15,18)(H,19,20). The van der Waals surface area contributed by atoms with Crippen molar-refractivity contribution in [3.63, 3.8) is 0 Å². The molecule has 20 heavy (non-hydrogen) atoms. The van der Waals surface area contributed by atoms with Gasteiger partial charge >= 0.3 is 5.97 Å². The minimum atomic E-state index is -1.21. The maximum atomic E-state index is 13.1. The summed E-state index contributed by atoms with van der Waals surface area (Å²) in [6.07, 6.45) is 2.25. The first-order valence-corrected chi connectivity index (χ1v) is 6.38. The number of halogens is 1. The monoisotopic (exact) mass is 281 g/mol. The molecule has 0 aromatic carbocycles. The lowest BCUT2D eigenvalue weighted by Gasteiger charge is -2.32. The summed E-state index contributed by atoms with van der Waals surface area (Å²) >= 11 is 0. The molecule has 0 atom stereocenters. The number of piperidine rings is 1. The van der Waals surface area contributed by atoms with Crippen LogP contribution in [0.4, 0.5) is 10.2 Å². The third-order valence-electron chi connectivity index (χ3n) is 3.48. The van der Waals surface area contributed by atoms with Gasteiger partial charge in [-0.25, -0.2) is 14.2 Å². The van der Waals surface area contributed by atoms with E-state index in [9.17, 15) is 14.0 Å². The van der Waals surface area contributed by atoms with E-state index in [2.05, 4.69) is 10.3 Å². The zero-order valence-corrected chi connectivity index (χ0v) is 11.1. The summed E-state index contributed by atoms with van der Waals surface area (Å²) in [7, 11) is 1.60. The number of nitrogens with zero attached hydrogens (tertiary/aromatic N) is 2. The SMILES string of the molecule is CNC(=O)C1CCN(c2ncc(F)cc2C(=O)O)CC1. The molecular formula is C13H16FN3O3. The molecule has 0 spiro atoms. The molecule has 1 aliphatic rings. The normalized spacial score (nSPS) is 16.0. The molecule has 0 saturated carbocycles. The van der Waals surface area contributed by atoms with Crippen LogP contribution < -0.4 is 10.2 Å². The molecule has 0 aliphatic carbocycles. The highest BCUT2D eigenvalue weighted by Crippen LogP contribution is 2.25. The number of carbonyl (C=O) groups is 2. The van der Waals surface area contributed by atoms with E-state index in [0.29, 0.717) is 25.9 Å². The molecule has 2 N–H and O–H groups in total. The van der Waals surface area contributed by atoms with Crippen LogP contribution in [0.5, 0.6) is 0 Å². The maximum Gasteiger partial charge on any atom is 0.339 e. The van der Waals surface area contributed by atoms with E-state index in [0.717, 1.165) is 12.3 Å². The number of hydrogen-bond donors (Lipinski definition) is 2. The predicted molar refractivity (Wildman–Crippen MR) is 70.2 cm³/mol. The lowest BCUT2D eigenvalue weighted by atomic mass is 9.95. The van der Waals surface area contributed by atoms with Gasteiger partial charge in [0.15, 0.2) is 0 Å². The highest BCUT2D eigenvalue weighted by Gasteiger charge is 2.27. The van der Waals surface area contributed by atoms with E-state index in [4.69, 9.17) is 5.11 Å². The Morgan fingerprint density at radius 1 is 1.45 bits per heavy atom. The van der Waals surface area contributed by atoms with Crippen molar-refractivity contribution in [2.45, 2.75) is 12.8 Å². The van der Waals surface area contributed by atoms with Crippen LogP contribution >= 0.6 is 0 Å². The molecule has 1 fully saturated rings. The number of aromatic carboxylic acids is 1. The zero-order chi connectivity index (χ0) is 14.7. The lowest BCUT2D eigenvalue weighted by molar-refractivity contribution is -0.125. The summed E-state index contributed by atoms with van der Waals surface area (Å²) in [6.45, 7) is 1.05. The van der Waals surface area contributed by atoms with E-state index in [1.807, 2.05) is 0 Å². The molecule has 0 bridgehead atoms. The topological polar surface area (TPSA) is 82.5 Å². The van der Waals surface area contributed by atoms with Crippen LogP contribution in [0.25, 0.3) is 0 Å². The molecule has 6 nitrogen and oxygen atoms in total. The number of rotatable bonds is 3. The molecule has 1 amide bonds. The van der Waals surface area contributed by atoms with Crippen molar-refractivity contribution in [2.24, 2.45) is 5.92 Å². The van der Waals surface area contributed by atoms with Gasteiger partial charge in [-0.15, -0.1) is 0 Å². The summed E-state index contributed by atoms with van der Waals surface area (Å²) in [6, 6.07) is 0.968. The molecule has 2 rings (SSSR count). The lowest BCUT2D eigenvalue weighted by Crippen LogP contribution is -2.40. The van der Waals surface area contributed by atoms with Crippen molar-refractivity contribution in [1.29, 1.82) is 0 Å². The summed E-state index contributed by atoms with van der Waals surface area (Å²) in [5.41, 5.74) is -0.150. The van der Waals surface area contributed by atoms with Gasteiger partial charge in [-0.2, -0.15) is 0 Å². The minimum absolute atomic E-state index is 0.00447. The van der Waals surface area contributed by atoms with Crippen molar-refractivity contribution in [3.8, 4) is 0 Å². The number of anilines is 1. The average molecular weight is 281 g/mol. The molecule has 1 saturated heterocycles. The molecule has 1 aliphatic heterocycles. The fourth-order valence-corrected chi connectivity index (χ4v) is 2.40. The summed E-state index contributed by atoms with van der Waals surface area (Å²) in [5, 5.41) is 11.7. The first-order valence-electron chi connectivity index (χ1n) is 6.38. The summed E-state index contributed by atoms with van der Waals surface area (Å²) < 4.78 is 13.1. The Morgan fingerprint density at radius 3 is 2.65 bits per heavy atom. The Hall–Kier alpha value is -2.18. The number of hydrogen-bond acceptors (Lipinski definition) is 4. The van der Waals surface area contributed by atoms with Gasteiger partial charge in [-0.3, -0.25) is 4.79 Å². The van der Waals surface area contributed by atoms with E-state index < -0.39 is 11.8 Å². The van der Waals surface area contributed by atoms with E-state index in [1.165, 1.54) is 0 Å². The first-order chi connectivity index (χ1) is 9.52. The second-order valence-electron chi connectivity index (χ2n) is 4.71. The molecule has 1 aromatic heterocycles. The molecular weight excluding hydrogens is 265 g/mol. The van der Waals surface area contributed by atoms with Crippen LogP contribution in [0.3, 0.4) is 0 Å². The van der Waals surface area contributed by atoms with Gasteiger partial charge in [-0.1, -0.05) is 0 Å². The number of aromatic nitrogens is 1. The van der Waals surface area contributed by atoms with Crippen molar-refractivity contribution in [1.82, 2.24) is 10.3 Å².